The number of nitrogens with zero attached hydrogens (tertiary/aromatic N) is 4. The number of carbonyl (C=O) groups excluding carboxylic acids is 1. The Labute approximate surface area is 159 Å². The quantitative estimate of drug-likeness (QED) is 0.840. The molecule has 2 atom stereocenters. The van der Waals surface area contributed by atoms with Gasteiger partial charge in [-0.15, -0.1) is 0 Å². The number of hydrogen-bond acceptors (Lipinski definition) is 7. The number of ether oxygens (including phenoxy) is 1. The van der Waals surface area contributed by atoms with E-state index in [0.717, 1.165) is 41.6 Å². The molecule has 3 heterocycles. The van der Waals surface area contributed by atoms with Crippen LogP contribution in [0.3, 0.4) is 0 Å². The summed E-state index contributed by atoms with van der Waals surface area (Å²) < 4.78 is 5.40. The predicted octanol–water partition coefficient (Wildman–Crippen LogP) is 1.06. The molecular weight excluding hydrogens is 352 g/mol. The minimum Gasteiger partial charge on any atom is -0.396 e. The van der Waals surface area contributed by atoms with Gasteiger partial charge in [0.15, 0.2) is 5.13 Å². The average Bonchev–Trinajstić information content (AvgIpc) is 2.90. The van der Waals surface area contributed by atoms with Crippen LogP contribution in [0, 0.1) is 12.8 Å². The van der Waals surface area contributed by atoms with Crippen LogP contribution in [-0.4, -0.2) is 91.9 Å². The van der Waals surface area contributed by atoms with Gasteiger partial charge in [-0.1, -0.05) is 11.3 Å². The van der Waals surface area contributed by atoms with Crippen molar-refractivity contribution >= 4 is 22.4 Å². The van der Waals surface area contributed by atoms with E-state index in [2.05, 4.69) is 28.9 Å². The minimum absolute atomic E-state index is 0.0479. The highest BCUT2D eigenvalue weighted by Crippen LogP contribution is 2.29. The van der Waals surface area contributed by atoms with Gasteiger partial charge < -0.3 is 24.5 Å². The second-order valence-electron chi connectivity index (χ2n) is 7.46. The summed E-state index contributed by atoms with van der Waals surface area (Å²) in [6.45, 7) is 6.41. The summed E-state index contributed by atoms with van der Waals surface area (Å²) in [5, 5.41) is 10.6. The number of aromatic nitrogens is 1. The van der Waals surface area contributed by atoms with Gasteiger partial charge in [-0.2, -0.15) is 0 Å². The molecule has 7 nitrogen and oxygen atoms in total. The van der Waals surface area contributed by atoms with Crippen molar-refractivity contribution in [1.82, 2.24) is 14.8 Å². The van der Waals surface area contributed by atoms with E-state index in [0.29, 0.717) is 32.3 Å². The summed E-state index contributed by atoms with van der Waals surface area (Å²) in [4.78, 5) is 24.9. The normalized spacial score (nSPS) is 24.8. The van der Waals surface area contributed by atoms with Crippen LogP contribution in [0.25, 0.3) is 0 Å². The molecule has 1 aromatic heterocycles. The Kier molecular flexibility index (Phi) is 6.50. The minimum atomic E-state index is 0.0479. The molecule has 0 radical (unpaired) electrons. The van der Waals surface area contributed by atoms with Crippen LogP contribution in [0.4, 0.5) is 5.13 Å². The predicted molar refractivity (Wildman–Crippen MR) is 103 cm³/mol. The third-order valence-electron chi connectivity index (χ3n) is 5.35. The van der Waals surface area contributed by atoms with E-state index >= 15 is 0 Å². The number of likely N-dealkylation sites (tertiary alicyclic amines) is 1. The van der Waals surface area contributed by atoms with Gasteiger partial charge in [-0.05, 0) is 39.8 Å². The van der Waals surface area contributed by atoms with Gasteiger partial charge in [0.1, 0.15) is 4.88 Å². The maximum atomic E-state index is 13.3. The number of morpholine rings is 1. The smallest absolute Gasteiger partial charge is 0.265 e. The zero-order valence-corrected chi connectivity index (χ0v) is 16.8. The van der Waals surface area contributed by atoms with Crippen molar-refractivity contribution in [2.45, 2.75) is 25.8 Å². The van der Waals surface area contributed by atoms with Crippen molar-refractivity contribution < 1.29 is 14.6 Å². The molecule has 0 saturated carbocycles. The van der Waals surface area contributed by atoms with Gasteiger partial charge in [0, 0.05) is 38.8 Å². The number of anilines is 1. The molecule has 2 aliphatic rings. The first kappa shape index (κ1) is 19.5. The van der Waals surface area contributed by atoms with Crippen LogP contribution < -0.4 is 4.90 Å². The largest absolute Gasteiger partial charge is 0.396 e. The van der Waals surface area contributed by atoms with Gasteiger partial charge >= 0.3 is 0 Å². The molecule has 146 valence electrons. The average molecular weight is 383 g/mol. The zero-order valence-electron chi connectivity index (χ0n) is 16.0. The Bertz CT molecular complexity index is 616. The lowest BCUT2D eigenvalue weighted by Crippen LogP contribution is -2.42. The molecule has 2 aliphatic heterocycles. The van der Waals surface area contributed by atoms with Crippen molar-refractivity contribution in [1.29, 1.82) is 0 Å². The maximum Gasteiger partial charge on any atom is 0.265 e. The van der Waals surface area contributed by atoms with Crippen molar-refractivity contribution in [3.63, 3.8) is 0 Å². The van der Waals surface area contributed by atoms with Gasteiger partial charge in [-0.25, -0.2) is 4.98 Å². The van der Waals surface area contributed by atoms with Crippen molar-refractivity contribution in [2.75, 3.05) is 65.0 Å². The SMILES string of the molecule is Cc1nc(N2CCOCC2)sc1C(=O)N1C[C@@H](CO)CC[C@@H](N(C)C)C1. The molecule has 0 aliphatic carbocycles. The molecule has 2 saturated heterocycles. The van der Waals surface area contributed by atoms with E-state index in [1.165, 1.54) is 11.3 Å². The van der Waals surface area contributed by atoms with Crippen LogP contribution in [0.1, 0.15) is 28.2 Å². The van der Waals surface area contributed by atoms with Crippen molar-refractivity contribution in [3.8, 4) is 0 Å². The molecular formula is C18H30N4O3S. The van der Waals surface area contributed by atoms with Crippen LogP contribution in [-0.2, 0) is 4.74 Å². The van der Waals surface area contributed by atoms with Crippen LogP contribution >= 0.6 is 11.3 Å². The summed E-state index contributed by atoms with van der Waals surface area (Å²) in [6.07, 6.45) is 1.95. The molecule has 0 aromatic carbocycles. The maximum absolute atomic E-state index is 13.3. The van der Waals surface area contributed by atoms with Crippen LogP contribution in [0.5, 0.6) is 0 Å². The van der Waals surface area contributed by atoms with E-state index in [1.807, 2.05) is 11.8 Å². The number of carbonyl (C=O) groups is 1. The molecule has 1 N–H and O–H groups in total. The Morgan fingerprint density at radius 1 is 1.31 bits per heavy atom. The monoisotopic (exact) mass is 382 g/mol. The Morgan fingerprint density at radius 3 is 2.69 bits per heavy atom. The first-order chi connectivity index (χ1) is 12.5. The third kappa shape index (κ3) is 4.36. The summed E-state index contributed by atoms with van der Waals surface area (Å²) in [7, 11) is 4.11. The first-order valence-corrected chi connectivity index (χ1v) is 10.2. The summed E-state index contributed by atoms with van der Waals surface area (Å²) in [5.74, 6) is 0.197. The zero-order chi connectivity index (χ0) is 18.7. The lowest BCUT2D eigenvalue weighted by atomic mass is 10.0. The fourth-order valence-electron chi connectivity index (χ4n) is 3.60. The summed E-state index contributed by atoms with van der Waals surface area (Å²) >= 11 is 1.48. The second-order valence-corrected chi connectivity index (χ2v) is 8.44. The Balaban J connectivity index is 1.78. The van der Waals surface area contributed by atoms with Crippen molar-refractivity contribution in [2.24, 2.45) is 5.92 Å². The Hall–Kier alpha value is -1.22. The lowest BCUT2D eigenvalue weighted by Gasteiger charge is -2.29. The molecule has 26 heavy (non-hydrogen) atoms. The number of aliphatic hydroxyl groups excluding tert-OH is 1. The fraction of sp³-hybridized carbons (Fsp3) is 0.778. The molecule has 3 rings (SSSR count). The molecule has 8 heteroatoms. The Morgan fingerprint density at radius 2 is 2.04 bits per heavy atom. The van der Waals surface area contributed by atoms with Gasteiger partial charge in [0.05, 0.1) is 18.9 Å². The number of likely N-dealkylation sites (N-methyl/N-ethyl adjacent to an activating group) is 1. The molecule has 1 amide bonds. The first-order valence-electron chi connectivity index (χ1n) is 9.36. The molecule has 0 bridgehead atoms. The number of thiazole rings is 1. The fourth-order valence-corrected chi connectivity index (χ4v) is 4.69. The van der Waals surface area contributed by atoms with Crippen LogP contribution in [0.15, 0.2) is 0 Å². The standard InChI is InChI=1S/C18H30N4O3S/c1-13-16(26-18(19-13)21-6-8-25-9-7-21)17(24)22-10-14(12-23)4-5-15(11-22)20(2)3/h14-15,23H,4-12H2,1-3H3/t14-,15+/m0/s1. The van der Waals surface area contributed by atoms with E-state index in [9.17, 15) is 9.90 Å². The third-order valence-corrected chi connectivity index (χ3v) is 6.56. The van der Waals surface area contributed by atoms with Gasteiger partial charge in [0.25, 0.3) is 5.91 Å². The highest BCUT2D eigenvalue weighted by atomic mass is 32.1. The number of aryl methyl sites for hydroxylation is 1. The number of rotatable bonds is 4. The molecule has 0 unspecified atom stereocenters. The molecule has 0 spiro atoms. The number of hydrogen-bond donors (Lipinski definition) is 1. The molecule has 2 fully saturated rings. The van der Waals surface area contributed by atoms with Gasteiger partial charge in [0.2, 0.25) is 0 Å². The lowest BCUT2D eigenvalue weighted by molar-refractivity contribution is 0.0693. The molecule has 1 aromatic rings. The second kappa shape index (κ2) is 8.65. The van der Waals surface area contributed by atoms with Crippen molar-refractivity contribution in [3.05, 3.63) is 10.6 Å². The van der Waals surface area contributed by atoms with Gasteiger partial charge in [-0.3, -0.25) is 4.79 Å². The van der Waals surface area contributed by atoms with E-state index in [4.69, 9.17) is 4.74 Å². The topological polar surface area (TPSA) is 69.1 Å². The number of aliphatic hydroxyl groups is 1. The highest BCUT2D eigenvalue weighted by molar-refractivity contribution is 7.17. The summed E-state index contributed by atoms with van der Waals surface area (Å²) in [5.41, 5.74) is 0.799. The van der Waals surface area contributed by atoms with E-state index < -0.39 is 0 Å². The highest BCUT2D eigenvalue weighted by Gasteiger charge is 2.31. The number of amides is 1. The van der Waals surface area contributed by atoms with E-state index in [1.54, 1.807) is 0 Å². The van der Waals surface area contributed by atoms with Crippen LogP contribution in [0.2, 0.25) is 0 Å². The summed E-state index contributed by atoms with van der Waals surface area (Å²) in [6, 6.07) is 0.322. The van der Waals surface area contributed by atoms with E-state index in [-0.39, 0.29) is 18.4 Å².